The Morgan fingerprint density at radius 1 is 1.26 bits per heavy atom. The smallest absolute Gasteiger partial charge is 0.319 e. The highest BCUT2D eigenvalue weighted by atomic mass is 16.2. The summed E-state index contributed by atoms with van der Waals surface area (Å²) in [7, 11) is 3.54. The molecule has 2 N–H and O–H groups in total. The van der Waals surface area contributed by atoms with E-state index in [1.807, 2.05) is 4.90 Å². The second kappa shape index (κ2) is 6.59. The molecule has 23 heavy (non-hydrogen) atoms. The van der Waals surface area contributed by atoms with Gasteiger partial charge in [0.15, 0.2) is 0 Å². The van der Waals surface area contributed by atoms with Gasteiger partial charge in [-0.3, -0.25) is 5.10 Å². The molecule has 0 atom stereocenters. The van der Waals surface area contributed by atoms with E-state index in [4.69, 9.17) is 0 Å². The number of rotatable bonds is 3. The van der Waals surface area contributed by atoms with Crippen molar-refractivity contribution in [3.63, 3.8) is 0 Å². The summed E-state index contributed by atoms with van der Waals surface area (Å²) in [4.78, 5) is 28.4. The van der Waals surface area contributed by atoms with Gasteiger partial charge >= 0.3 is 6.03 Å². The average Bonchev–Trinajstić information content (AvgIpc) is 2.97. The number of urea groups is 1. The number of nitrogens with zero attached hydrogens (tertiary/aromatic N) is 6. The Bertz CT molecular complexity index is 669. The van der Waals surface area contributed by atoms with Crippen molar-refractivity contribution in [2.75, 3.05) is 32.5 Å². The van der Waals surface area contributed by atoms with Crippen LogP contribution in [0.5, 0.6) is 0 Å². The molecular formula is C14H20N8O. The zero-order chi connectivity index (χ0) is 16.2. The van der Waals surface area contributed by atoms with Gasteiger partial charge < -0.3 is 15.1 Å². The Morgan fingerprint density at radius 3 is 2.83 bits per heavy atom. The Hall–Kier alpha value is -2.71. The van der Waals surface area contributed by atoms with Gasteiger partial charge in [0.2, 0.25) is 0 Å². The summed E-state index contributed by atoms with van der Waals surface area (Å²) in [5, 5.41) is 9.90. The molecule has 9 nitrogen and oxygen atoms in total. The van der Waals surface area contributed by atoms with Crippen LogP contribution in [0, 0.1) is 0 Å². The lowest BCUT2D eigenvalue weighted by atomic mass is 10.1. The quantitative estimate of drug-likeness (QED) is 0.843. The number of amides is 2. The van der Waals surface area contributed by atoms with E-state index in [1.54, 1.807) is 25.3 Å². The first kappa shape index (κ1) is 15.2. The third kappa shape index (κ3) is 3.38. The van der Waals surface area contributed by atoms with Crippen LogP contribution in [0.2, 0.25) is 0 Å². The predicted octanol–water partition coefficient (Wildman–Crippen LogP) is 0.289. The number of carbonyl (C=O) groups excluding carboxylic acids is 1. The van der Waals surface area contributed by atoms with Gasteiger partial charge in [-0.2, -0.15) is 5.10 Å². The first-order valence-corrected chi connectivity index (χ1v) is 7.52. The zero-order valence-electron chi connectivity index (χ0n) is 13.3. The second-order valence-electron chi connectivity index (χ2n) is 5.60. The fraction of sp³-hybridized carbons (Fsp3) is 0.500. The van der Waals surface area contributed by atoms with E-state index in [9.17, 15) is 4.79 Å². The Labute approximate surface area is 134 Å². The molecule has 122 valence electrons. The normalized spacial score (nSPS) is 14.1. The second-order valence-corrected chi connectivity index (χ2v) is 5.60. The highest BCUT2D eigenvalue weighted by Crippen LogP contribution is 2.21. The topological polar surface area (TPSA) is 103 Å². The Balaban J connectivity index is 1.73. The molecule has 3 heterocycles. The van der Waals surface area contributed by atoms with Gasteiger partial charge in [-0.05, 0) is 6.42 Å². The molecule has 0 spiro atoms. The summed E-state index contributed by atoms with van der Waals surface area (Å²) >= 11 is 0. The van der Waals surface area contributed by atoms with Crippen molar-refractivity contribution >= 4 is 11.8 Å². The summed E-state index contributed by atoms with van der Waals surface area (Å²) in [6.45, 7) is 1.85. The number of carbonyl (C=O) groups is 1. The van der Waals surface area contributed by atoms with E-state index in [1.165, 1.54) is 6.33 Å². The number of aromatic nitrogens is 5. The maximum atomic E-state index is 12.1. The fourth-order valence-corrected chi connectivity index (χ4v) is 2.64. The third-order valence-electron chi connectivity index (χ3n) is 3.83. The summed E-state index contributed by atoms with van der Waals surface area (Å²) in [5.41, 5.74) is 2.06. The molecule has 9 heteroatoms. The van der Waals surface area contributed by atoms with Crippen molar-refractivity contribution in [3.05, 3.63) is 29.7 Å². The molecule has 0 aliphatic carbocycles. The van der Waals surface area contributed by atoms with Crippen LogP contribution >= 0.6 is 0 Å². The molecule has 0 saturated carbocycles. The number of fused-ring (bicyclic) bond motifs is 1. The molecular weight excluding hydrogens is 296 g/mol. The monoisotopic (exact) mass is 316 g/mol. The van der Waals surface area contributed by atoms with Gasteiger partial charge in [0, 0.05) is 39.2 Å². The summed E-state index contributed by atoms with van der Waals surface area (Å²) in [5.74, 6) is 1.54. The standard InChI is InChI=1S/C14H20N8O/c1-21(2)14(23)22-5-3-10-11(4-6-22)16-8-18-13(10)15-7-12-17-9-19-20-12/h8-9H,3-7H2,1-2H3,(H,15,16,18)(H,17,19,20). The molecule has 1 aliphatic rings. The first-order chi connectivity index (χ1) is 11.1. The van der Waals surface area contributed by atoms with Gasteiger partial charge in [0.25, 0.3) is 0 Å². The largest absolute Gasteiger partial charge is 0.362 e. The molecule has 0 bridgehead atoms. The number of hydrogen-bond donors (Lipinski definition) is 2. The van der Waals surface area contributed by atoms with Crippen molar-refractivity contribution in [2.24, 2.45) is 0 Å². The summed E-state index contributed by atoms with van der Waals surface area (Å²) in [6, 6.07) is 0.0296. The molecule has 2 aromatic heterocycles. The lowest BCUT2D eigenvalue weighted by Crippen LogP contribution is -2.40. The van der Waals surface area contributed by atoms with Crippen molar-refractivity contribution < 1.29 is 4.79 Å². The zero-order valence-corrected chi connectivity index (χ0v) is 13.3. The van der Waals surface area contributed by atoms with Crippen LogP contribution in [0.3, 0.4) is 0 Å². The van der Waals surface area contributed by atoms with Crippen LogP contribution in [0.15, 0.2) is 12.7 Å². The first-order valence-electron chi connectivity index (χ1n) is 7.52. The van der Waals surface area contributed by atoms with Crippen molar-refractivity contribution in [2.45, 2.75) is 19.4 Å². The number of nitrogens with one attached hydrogen (secondary N) is 2. The summed E-state index contributed by atoms with van der Waals surface area (Å²) < 4.78 is 0. The maximum Gasteiger partial charge on any atom is 0.319 e. The van der Waals surface area contributed by atoms with Gasteiger partial charge in [0.05, 0.1) is 12.2 Å². The van der Waals surface area contributed by atoms with Crippen LogP contribution in [0.25, 0.3) is 0 Å². The molecule has 0 unspecified atom stereocenters. The number of hydrogen-bond acceptors (Lipinski definition) is 6. The van der Waals surface area contributed by atoms with Crippen molar-refractivity contribution in [1.82, 2.24) is 34.9 Å². The van der Waals surface area contributed by atoms with Crippen molar-refractivity contribution in [1.29, 1.82) is 0 Å². The van der Waals surface area contributed by atoms with E-state index >= 15 is 0 Å². The van der Waals surface area contributed by atoms with E-state index in [2.05, 4.69) is 30.5 Å². The highest BCUT2D eigenvalue weighted by molar-refractivity contribution is 5.74. The lowest BCUT2D eigenvalue weighted by molar-refractivity contribution is 0.173. The van der Waals surface area contributed by atoms with Crippen LogP contribution in [0.4, 0.5) is 10.6 Å². The number of aromatic amines is 1. The third-order valence-corrected chi connectivity index (χ3v) is 3.83. The van der Waals surface area contributed by atoms with E-state index in [-0.39, 0.29) is 6.03 Å². The van der Waals surface area contributed by atoms with Crippen LogP contribution in [0.1, 0.15) is 17.1 Å². The van der Waals surface area contributed by atoms with Crippen LogP contribution in [-0.4, -0.2) is 68.2 Å². The molecule has 0 aromatic carbocycles. The minimum absolute atomic E-state index is 0.0296. The SMILES string of the molecule is CN(C)C(=O)N1CCc2ncnc(NCc3ncn[nH]3)c2CC1. The van der Waals surface area contributed by atoms with Crippen LogP contribution in [-0.2, 0) is 19.4 Å². The minimum atomic E-state index is 0.0296. The maximum absolute atomic E-state index is 12.1. The highest BCUT2D eigenvalue weighted by Gasteiger charge is 2.22. The van der Waals surface area contributed by atoms with E-state index in [0.717, 1.165) is 35.7 Å². The Kier molecular flexibility index (Phi) is 4.35. The van der Waals surface area contributed by atoms with Gasteiger partial charge in [-0.25, -0.2) is 19.7 Å². The molecule has 0 radical (unpaired) electrons. The molecule has 1 aliphatic heterocycles. The van der Waals surface area contributed by atoms with E-state index < -0.39 is 0 Å². The number of H-pyrrole nitrogens is 1. The fourth-order valence-electron chi connectivity index (χ4n) is 2.64. The molecule has 0 saturated heterocycles. The lowest BCUT2D eigenvalue weighted by Gasteiger charge is -2.24. The van der Waals surface area contributed by atoms with Crippen molar-refractivity contribution in [3.8, 4) is 0 Å². The summed E-state index contributed by atoms with van der Waals surface area (Å²) in [6.07, 6.45) is 4.50. The molecule has 2 amide bonds. The van der Waals surface area contributed by atoms with Gasteiger partial charge in [-0.1, -0.05) is 0 Å². The molecule has 3 rings (SSSR count). The van der Waals surface area contributed by atoms with Gasteiger partial charge in [-0.15, -0.1) is 0 Å². The number of anilines is 1. The Morgan fingerprint density at radius 2 is 2.09 bits per heavy atom. The van der Waals surface area contributed by atoms with Crippen LogP contribution < -0.4 is 5.32 Å². The molecule has 2 aromatic rings. The van der Waals surface area contributed by atoms with E-state index in [0.29, 0.717) is 19.6 Å². The predicted molar refractivity (Wildman–Crippen MR) is 83.8 cm³/mol. The van der Waals surface area contributed by atoms with Gasteiger partial charge in [0.1, 0.15) is 24.3 Å². The average molecular weight is 316 g/mol. The molecule has 0 fully saturated rings. The minimum Gasteiger partial charge on any atom is -0.362 e.